The lowest BCUT2D eigenvalue weighted by Gasteiger charge is -2.07. The molecule has 1 aliphatic heterocycles. The van der Waals surface area contributed by atoms with Crippen LogP contribution in [0.15, 0.2) is 53.5 Å². The van der Waals surface area contributed by atoms with E-state index in [0.717, 1.165) is 16.8 Å². The normalized spacial score (nSPS) is 13.6. The lowest BCUT2D eigenvalue weighted by atomic mass is 10.1. The molecule has 4 rings (SSSR count). The summed E-state index contributed by atoms with van der Waals surface area (Å²) >= 11 is 6.55. The number of carbonyl (C=O) groups is 1. The van der Waals surface area contributed by atoms with E-state index in [-0.39, 0.29) is 24.1 Å². The molecule has 0 fully saturated rings. The molecule has 0 atom stereocenters. The molecule has 0 aliphatic carbocycles. The summed E-state index contributed by atoms with van der Waals surface area (Å²) in [6.07, 6.45) is 3.56. The molecule has 3 N–H and O–H groups in total. The number of carbonyl (C=O) groups excluding carboxylic acids is 1. The van der Waals surface area contributed by atoms with E-state index in [9.17, 15) is 15.0 Å². The summed E-state index contributed by atoms with van der Waals surface area (Å²) in [7, 11) is 0. The molecule has 8 heteroatoms. The Labute approximate surface area is 169 Å². The highest BCUT2D eigenvalue weighted by molar-refractivity contribution is 7.73. The van der Waals surface area contributed by atoms with Crippen LogP contribution in [0.5, 0.6) is 11.6 Å². The second-order valence-corrected chi connectivity index (χ2v) is 7.79. The van der Waals surface area contributed by atoms with E-state index >= 15 is 0 Å². The number of aliphatic imine (C=N–C) groups is 1. The maximum absolute atomic E-state index is 12.3. The minimum absolute atomic E-state index is 0.0545. The first-order valence-electron chi connectivity index (χ1n) is 8.38. The van der Waals surface area contributed by atoms with Crippen LogP contribution in [0.2, 0.25) is 0 Å². The first kappa shape index (κ1) is 18.1. The molecule has 28 heavy (non-hydrogen) atoms. The van der Waals surface area contributed by atoms with Crippen LogP contribution in [-0.2, 0) is 11.3 Å². The first-order chi connectivity index (χ1) is 13.5. The van der Waals surface area contributed by atoms with Crippen LogP contribution >= 0.6 is 23.6 Å². The number of rotatable bonds is 4. The number of fused-ring (bicyclic) bond motifs is 1. The van der Waals surface area contributed by atoms with Gasteiger partial charge in [-0.05, 0) is 48.6 Å². The van der Waals surface area contributed by atoms with Gasteiger partial charge in [-0.3, -0.25) is 14.4 Å². The fourth-order valence-corrected chi connectivity index (χ4v) is 4.09. The summed E-state index contributed by atoms with van der Waals surface area (Å²) in [4.78, 5) is 17.2. The van der Waals surface area contributed by atoms with Crippen molar-refractivity contribution in [1.82, 2.24) is 4.57 Å². The van der Waals surface area contributed by atoms with Crippen LogP contribution in [0.4, 0.5) is 11.4 Å². The number of thiazole rings is 1. The van der Waals surface area contributed by atoms with Gasteiger partial charge in [0.25, 0.3) is 0 Å². The zero-order valence-electron chi connectivity index (χ0n) is 14.5. The van der Waals surface area contributed by atoms with Crippen molar-refractivity contribution in [3.05, 3.63) is 62.9 Å². The topological polar surface area (TPSA) is 86.9 Å². The summed E-state index contributed by atoms with van der Waals surface area (Å²) in [6, 6.07) is 13.9. The molecule has 6 nitrogen and oxygen atoms in total. The number of hydrogen-bond acceptors (Lipinski definition) is 6. The zero-order valence-corrected chi connectivity index (χ0v) is 16.1. The fourth-order valence-electron chi connectivity index (χ4n) is 2.83. The van der Waals surface area contributed by atoms with E-state index in [2.05, 4.69) is 10.3 Å². The van der Waals surface area contributed by atoms with Gasteiger partial charge in [-0.2, -0.15) is 0 Å². The molecular weight excluding hydrogens is 394 g/mol. The number of phenolic OH excluding ortho intramolecular Hbond substituents is 1. The Balaban J connectivity index is 1.56. The third-order valence-corrected chi connectivity index (χ3v) is 5.58. The Bertz CT molecular complexity index is 1170. The number of nitrogens with zero attached hydrogens (tertiary/aromatic N) is 2. The Morgan fingerprint density at radius 1 is 1.18 bits per heavy atom. The maximum Gasteiger partial charge on any atom is 0.244 e. The van der Waals surface area contributed by atoms with Gasteiger partial charge < -0.3 is 15.5 Å². The van der Waals surface area contributed by atoms with Gasteiger partial charge in [0, 0.05) is 23.0 Å². The molecule has 140 valence electrons. The van der Waals surface area contributed by atoms with E-state index in [0.29, 0.717) is 14.5 Å². The highest BCUT2D eigenvalue weighted by Crippen LogP contribution is 2.35. The highest BCUT2D eigenvalue weighted by atomic mass is 32.1. The molecule has 0 saturated carbocycles. The van der Waals surface area contributed by atoms with E-state index < -0.39 is 0 Å². The first-order valence-corrected chi connectivity index (χ1v) is 9.60. The number of hydrogen-bond donors (Lipinski definition) is 3. The summed E-state index contributed by atoms with van der Waals surface area (Å²) < 4.78 is 1.79. The standard InChI is InChI=1S/C20H15N3O3S2/c24-14-7-5-13(6-8-14)22-18(25)11-23-19(26)17(28-20(23)27)9-12-10-21-16-4-2-1-3-15(12)16/h1-10,24,26H,11H2,(H,22,25)/b12-9-. The number of anilines is 1. The van der Waals surface area contributed by atoms with Crippen molar-refractivity contribution < 1.29 is 15.0 Å². The minimum atomic E-state index is -0.332. The second kappa shape index (κ2) is 7.41. The van der Waals surface area contributed by atoms with Gasteiger partial charge in [0.2, 0.25) is 11.8 Å². The smallest absolute Gasteiger partial charge is 0.244 e. The highest BCUT2D eigenvalue weighted by Gasteiger charge is 2.16. The molecule has 0 unspecified atom stereocenters. The van der Waals surface area contributed by atoms with E-state index in [1.165, 1.54) is 28.0 Å². The lowest BCUT2D eigenvalue weighted by Crippen LogP contribution is -2.18. The predicted octanol–water partition coefficient (Wildman–Crippen LogP) is 4.59. The Hall–Kier alpha value is -3.23. The lowest BCUT2D eigenvalue weighted by molar-refractivity contribution is -0.116. The van der Waals surface area contributed by atoms with E-state index in [1.54, 1.807) is 18.3 Å². The van der Waals surface area contributed by atoms with Crippen molar-refractivity contribution in [3.8, 4) is 11.6 Å². The van der Waals surface area contributed by atoms with Crippen LogP contribution in [-0.4, -0.2) is 26.9 Å². The third kappa shape index (κ3) is 3.60. The van der Waals surface area contributed by atoms with Crippen molar-refractivity contribution in [2.75, 3.05) is 5.32 Å². The number of benzene rings is 2. The monoisotopic (exact) mass is 409 g/mol. The average Bonchev–Trinajstić information content (AvgIpc) is 3.20. The quantitative estimate of drug-likeness (QED) is 0.435. The number of para-hydroxylation sites is 1. The second-order valence-electron chi connectivity index (χ2n) is 6.11. The molecule has 1 aliphatic rings. The van der Waals surface area contributed by atoms with E-state index in [1.807, 2.05) is 30.3 Å². The summed E-state index contributed by atoms with van der Waals surface area (Å²) in [5.41, 5.74) is 3.29. The van der Waals surface area contributed by atoms with Crippen molar-refractivity contribution in [2.24, 2.45) is 4.99 Å². The minimum Gasteiger partial charge on any atom is -0.508 e. The molecule has 3 aromatic rings. The third-order valence-electron chi connectivity index (χ3n) is 4.19. The molecular formula is C20H15N3O3S2. The summed E-state index contributed by atoms with van der Waals surface area (Å²) in [5.74, 6) is -0.270. The van der Waals surface area contributed by atoms with Crippen molar-refractivity contribution in [1.29, 1.82) is 0 Å². The summed E-state index contributed by atoms with van der Waals surface area (Å²) in [5, 5.41) is 22.6. The molecule has 2 aromatic carbocycles. The largest absolute Gasteiger partial charge is 0.508 e. The number of phenols is 1. The van der Waals surface area contributed by atoms with Gasteiger partial charge in [0.15, 0.2) is 3.95 Å². The maximum atomic E-state index is 12.3. The molecule has 0 spiro atoms. The van der Waals surface area contributed by atoms with Gasteiger partial charge in [-0.25, -0.2) is 0 Å². The van der Waals surface area contributed by atoms with Crippen molar-refractivity contribution in [2.45, 2.75) is 6.54 Å². The zero-order chi connectivity index (χ0) is 19.7. The number of amides is 1. The molecule has 0 saturated heterocycles. The van der Waals surface area contributed by atoms with Gasteiger partial charge in [0.05, 0.1) is 10.6 Å². The van der Waals surface area contributed by atoms with Crippen LogP contribution in [0.1, 0.15) is 10.4 Å². The number of nitrogens with one attached hydrogen (secondary N) is 1. The predicted molar refractivity (Wildman–Crippen MR) is 114 cm³/mol. The summed E-state index contributed by atoms with van der Waals surface area (Å²) in [6.45, 7) is -0.115. The SMILES string of the molecule is O=C(Cn1c(O)c(/C=C2/C=Nc3ccccc32)sc1=S)Nc1ccc(O)cc1. The Morgan fingerprint density at radius 2 is 1.93 bits per heavy atom. The van der Waals surface area contributed by atoms with Gasteiger partial charge in [-0.1, -0.05) is 18.2 Å². The average molecular weight is 409 g/mol. The Morgan fingerprint density at radius 3 is 2.71 bits per heavy atom. The molecule has 0 radical (unpaired) electrons. The molecule has 0 bridgehead atoms. The fraction of sp³-hybridized carbons (Fsp3) is 0.0500. The van der Waals surface area contributed by atoms with Crippen LogP contribution in [0.25, 0.3) is 11.6 Å². The number of allylic oxidation sites excluding steroid dienone is 1. The van der Waals surface area contributed by atoms with E-state index in [4.69, 9.17) is 12.2 Å². The molecule has 2 heterocycles. The van der Waals surface area contributed by atoms with Gasteiger partial charge in [0.1, 0.15) is 12.3 Å². The van der Waals surface area contributed by atoms with Crippen molar-refractivity contribution in [3.63, 3.8) is 0 Å². The van der Waals surface area contributed by atoms with Gasteiger partial charge in [-0.15, -0.1) is 11.3 Å². The van der Waals surface area contributed by atoms with Crippen molar-refractivity contribution >= 4 is 58.7 Å². The number of aromatic nitrogens is 1. The van der Waals surface area contributed by atoms with Crippen LogP contribution in [0.3, 0.4) is 0 Å². The Kier molecular flexibility index (Phi) is 4.81. The van der Waals surface area contributed by atoms with Gasteiger partial charge >= 0.3 is 0 Å². The van der Waals surface area contributed by atoms with Crippen LogP contribution in [0, 0.1) is 3.95 Å². The van der Waals surface area contributed by atoms with Crippen LogP contribution < -0.4 is 5.32 Å². The number of aromatic hydroxyl groups is 2. The molecule has 1 amide bonds. The molecule has 1 aromatic heterocycles.